The SMILES string of the molecule is Cc1cccc2c1Oc1cc(O)cc(O)c1C(=O)C2. The molecule has 2 aromatic rings. The average Bonchev–Trinajstić information content (AvgIpc) is 2.46. The van der Waals surface area contributed by atoms with Crippen molar-refractivity contribution < 1.29 is 19.7 Å². The van der Waals surface area contributed by atoms with E-state index in [4.69, 9.17) is 4.74 Å². The Kier molecular flexibility index (Phi) is 2.45. The van der Waals surface area contributed by atoms with E-state index >= 15 is 0 Å². The Bertz CT molecular complexity index is 689. The number of hydrogen-bond acceptors (Lipinski definition) is 4. The first-order valence-corrected chi connectivity index (χ1v) is 5.92. The molecule has 0 saturated heterocycles. The highest BCUT2D eigenvalue weighted by molar-refractivity contribution is 6.03. The molecule has 0 aliphatic carbocycles. The molecule has 1 heterocycles. The van der Waals surface area contributed by atoms with Crippen LogP contribution >= 0.6 is 0 Å². The Labute approximate surface area is 109 Å². The molecule has 3 rings (SSSR count). The van der Waals surface area contributed by atoms with Crippen molar-refractivity contribution in [3.05, 3.63) is 47.0 Å². The minimum absolute atomic E-state index is 0.119. The van der Waals surface area contributed by atoms with Crippen LogP contribution < -0.4 is 4.74 Å². The van der Waals surface area contributed by atoms with Gasteiger partial charge in [0, 0.05) is 24.1 Å². The molecule has 0 aromatic heterocycles. The summed E-state index contributed by atoms with van der Waals surface area (Å²) in [4.78, 5) is 12.2. The van der Waals surface area contributed by atoms with Crippen molar-refractivity contribution in [3.63, 3.8) is 0 Å². The zero-order valence-corrected chi connectivity index (χ0v) is 10.3. The van der Waals surface area contributed by atoms with E-state index in [1.165, 1.54) is 6.07 Å². The molecular formula is C15H12O4. The number of carbonyl (C=O) groups excluding carboxylic acids is 1. The maximum absolute atomic E-state index is 12.2. The van der Waals surface area contributed by atoms with Gasteiger partial charge in [-0.2, -0.15) is 0 Å². The van der Waals surface area contributed by atoms with Gasteiger partial charge >= 0.3 is 0 Å². The number of carbonyl (C=O) groups is 1. The number of fused-ring (bicyclic) bond motifs is 2. The summed E-state index contributed by atoms with van der Waals surface area (Å²) in [7, 11) is 0. The maximum Gasteiger partial charge on any atom is 0.174 e. The molecule has 1 aliphatic heterocycles. The molecule has 0 spiro atoms. The smallest absolute Gasteiger partial charge is 0.174 e. The molecule has 19 heavy (non-hydrogen) atoms. The van der Waals surface area contributed by atoms with Crippen LogP contribution in [0.3, 0.4) is 0 Å². The summed E-state index contributed by atoms with van der Waals surface area (Å²) in [5.41, 5.74) is 1.80. The first kappa shape index (κ1) is 11.6. The number of Topliss-reactive ketones (excluding diaryl/α,β-unsaturated/α-hetero) is 1. The van der Waals surface area contributed by atoms with Crippen LogP contribution in [0.25, 0.3) is 0 Å². The number of ketones is 1. The molecule has 0 bridgehead atoms. The topological polar surface area (TPSA) is 66.8 Å². The van der Waals surface area contributed by atoms with Gasteiger partial charge in [0.1, 0.15) is 28.6 Å². The number of aromatic hydroxyl groups is 2. The zero-order chi connectivity index (χ0) is 13.6. The highest BCUT2D eigenvalue weighted by atomic mass is 16.5. The number of phenolic OH excluding ortho intramolecular Hbond substituents is 2. The van der Waals surface area contributed by atoms with Crippen molar-refractivity contribution in [1.82, 2.24) is 0 Å². The Morgan fingerprint density at radius 3 is 2.79 bits per heavy atom. The quantitative estimate of drug-likeness (QED) is 0.760. The van der Waals surface area contributed by atoms with Crippen LogP contribution in [0.15, 0.2) is 30.3 Å². The molecule has 4 nitrogen and oxygen atoms in total. The van der Waals surface area contributed by atoms with Gasteiger partial charge in [-0.1, -0.05) is 18.2 Å². The van der Waals surface area contributed by atoms with Gasteiger partial charge in [0.15, 0.2) is 5.78 Å². The summed E-state index contributed by atoms with van der Waals surface area (Å²) >= 11 is 0. The van der Waals surface area contributed by atoms with Crippen molar-refractivity contribution >= 4 is 5.78 Å². The third-order valence-electron chi connectivity index (χ3n) is 3.20. The van der Waals surface area contributed by atoms with E-state index < -0.39 is 0 Å². The van der Waals surface area contributed by atoms with Gasteiger partial charge in [-0.25, -0.2) is 0 Å². The zero-order valence-electron chi connectivity index (χ0n) is 10.3. The molecule has 1 aliphatic rings. The number of hydrogen-bond donors (Lipinski definition) is 2. The lowest BCUT2D eigenvalue weighted by atomic mass is 10.0. The van der Waals surface area contributed by atoms with E-state index in [2.05, 4.69) is 0 Å². The fraction of sp³-hybridized carbons (Fsp3) is 0.133. The van der Waals surface area contributed by atoms with Gasteiger partial charge < -0.3 is 14.9 Å². The lowest BCUT2D eigenvalue weighted by Gasteiger charge is -2.11. The second kappa shape index (κ2) is 4.02. The first-order chi connectivity index (χ1) is 9.06. The van der Waals surface area contributed by atoms with E-state index in [-0.39, 0.29) is 35.0 Å². The molecule has 2 aromatic carbocycles. The van der Waals surface area contributed by atoms with E-state index in [1.54, 1.807) is 0 Å². The van der Waals surface area contributed by atoms with Crippen LogP contribution in [-0.4, -0.2) is 16.0 Å². The Hall–Kier alpha value is -2.49. The predicted octanol–water partition coefficient (Wildman–Crippen LogP) is 2.94. The number of benzene rings is 2. The van der Waals surface area contributed by atoms with Crippen LogP contribution in [0, 0.1) is 6.92 Å². The van der Waals surface area contributed by atoms with Crippen molar-refractivity contribution in [3.8, 4) is 23.0 Å². The van der Waals surface area contributed by atoms with Gasteiger partial charge in [0.25, 0.3) is 0 Å². The molecule has 0 amide bonds. The Morgan fingerprint density at radius 1 is 1.21 bits per heavy atom. The molecule has 4 heteroatoms. The molecule has 96 valence electrons. The standard InChI is InChI=1S/C15H12O4/c1-8-3-2-4-9-5-11(17)14-12(18)6-10(16)7-13(14)19-15(8)9/h2-4,6-7,16,18H,5H2,1H3. The fourth-order valence-corrected chi connectivity index (χ4v) is 2.32. The lowest BCUT2D eigenvalue weighted by molar-refractivity contribution is 0.0991. The molecule has 0 radical (unpaired) electrons. The summed E-state index contributed by atoms with van der Waals surface area (Å²) < 4.78 is 5.72. The molecule has 0 saturated carbocycles. The monoisotopic (exact) mass is 256 g/mol. The van der Waals surface area contributed by atoms with E-state index in [0.29, 0.717) is 5.75 Å². The van der Waals surface area contributed by atoms with Gasteiger partial charge in [-0.15, -0.1) is 0 Å². The van der Waals surface area contributed by atoms with Crippen LogP contribution in [0.4, 0.5) is 0 Å². The van der Waals surface area contributed by atoms with Gasteiger partial charge in [-0.3, -0.25) is 4.79 Å². The van der Waals surface area contributed by atoms with Crippen molar-refractivity contribution in [2.24, 2.45) is 0 Å². The summed E-state index contributed by atoms with van der Waals surface area (Å²) in [5.74, 6) is 0.179. The third-order valence-corrected chi connectivity index (χ3v) is 3.20. The molecule has 2 N–H and O–H groups in total. The van der Waals surface area contributed by atoms with E-state index in [0.717, 1.165) is 17.2 Å². The molecule has 0 fully saturated rings. The Balaban J connectivity index is 2.25. The summed E-state index contributed by atoms with van der Waals surface area (Å²) in [5, 5.41) is 19.3. The third kappa shape index (κ3) is 1.81. The number of rotatable bonds is 0. The normalized spacial score (nSPS) is 13.2. The van der Waals surface area contributed by atoms with Crippen molar-refractivity contribution in [2.45, 2.75) is 13.3 Å². The van der Waals surface area contributed by atoms with E-state index in [1.807, 2.05) is 25.1 Å². The van der Waals surface area contributed by atoms with Crippen LogP contribution in [0.5, 0.6) is 23.0 Å². The van der Waals surface area contributed by atoms with E-state index in [9.17, 15) is 15.0 Å². The number of phenols is 2. The number of ether oxygens (including phenoxy) is 1. The van der Waals surface area contributed by atoms with Gasteiger partial charge in [0.05, 0.1) is 0 Å². The number of aryl methyl sites for hydroxylation is 1. The van der Waals surface area contributed by atoms with Crippen molar-refractivity contribution in [1.29, 1.82) is 0 Å². The Morgan fingerprint density at radius 2 is 2.00 bits per heavy atom. The van der Waals surface area contributed by atoms with Crippen molar-refractivity contribution in [2.75, 3.05) is 0 Å². The predicted molar refractivity (Wildman–Crippen MR) is 69.1 cm³/mol. The lowest BCUT2D eigenvalue weighted by Crippen LogP contribution is -2.02. The van der Waals surface area contributed by atoms with Gasteiger partial charge in [-0.05, 0) is 12.5 Å². The van der Waals surface area contributed by atoms with Crippen LogP contribution in [-0.2, 0) is 6.42 Å². The highest BCUT2D eigenvalue weighted by Crippen LogP contribution is 2.41. The average molecular weight is 256 g/mol. The van der Waals surface area contributed by atoms with Gasteiger partial charge in [0.2, 0.25) is 0 Å². The second-order valence-electron chi connectivity index (χ2n) is 4.60. The second-order valence-corrected chi connectivity index (χ2v) is 4.60. The minimum Gasteiger partial charge on any atom is -0.508 e. The summed E-state index contributed by atoms with van der Waals surface area (Å²) in [6.45, 7) is 1.89. The summed E-state index contributed by atoms with van der Waals surface area (Å²) in [6, 6.07) is 8.05. The minimum atomic E-state index is -0.259. The fourth-order valence-electron chi connectivity index (χ4n) is 2.32. The number of para-hydroxylation sites is 1. The first-order valence-electron chi connectivity index (χ1n) is 5.92. The van der Waals surface area contributed by atoms with Crippen LogP contribution in [0.2, 0.25) is 0 Å². The highest BCUT2D eigenvalue weighted by Gasteiger charge is 2.25. The summed E-state index contributed by atoms with van der Waals surface area (Å²) in [6.07, 6.45) is 0.169. The maximum atomic E-state index is 12.2. The molecule has 0 atom stereocenters. The van der Waals surface area contributed by atoms with Crippen LogP contribution in [0.1, 0.15) is 21.5 Å². The largest absolute Gasteiger partial charge is 0.508 e. The molecular weight excluding hydrogens is 244 g/mol. The molecule has 0 unspecified atom stereocenters.